The summed E-state index contributed by atoms with van der Waals surface area (Å²) in [6.07, 6.45) is 2.95. The molecule has 0 unspecified atom stereocenters. The normalized spacial score (nSPS) is 14.0. The highest BCUT2D eigenvalue weighted by atomic mass is 16.6. The summed E-state index contributed by atoms with van der Waals surface area (Å²) in [5, 5.41) is 10.1. The van der Waals surface area contributed by atoms with Crippen molar-refractivity contribution in [3.63, 3.8) is 0 Å². The summed E-state index contributed by atoms with van der Waals surface area (Å²) >= 11 is 0. The van der Waals surface area contributed by atoms with E-state index in [4.69, 9.17) is 10.5 Å². The van der Waals surface area contributed by atoms with Crippen molar-refractivity contribution in [2.75, 3.05) is 29.0 Å². The third-order valence-electron chi connectivity index (χ3n) is 6.17. The highest BCUT2D eigenvalue weighted by Crippen LogP contribution is 2.24. The maximum Gasteiger partial charge on any atom is 0.410 e. The van der Waals surface area contributed by atoms with Gasteiger partial charge in [-0.25, -0.2) is 9.78 Å². The van der Waals surface area contributed by atoms with E-state index < -0.39 is 11.5 Å². The Bertz CT molecular complexity index is 1230. The quantitative estimate of drug-likeness (QED) is 0.318. The minimum atomic E-state index is -0.535. The molecule has 0 radical (unpaired) electrons. The number of anilines is 4. The molecule has 2 aromatic carbocycles. The molecule has 9 heteroatoms. The number of likely N-dealkylation sites (tertiary alicyclic amines) is 1. The highest BCUT2D eigenvalue weighted by Gasteiger charge is 2.26. The first-order valence-corrected chi connectivity index (χ1v) is 12.9. The second-order valence-corrected chi connectivity index (χ2v) is 10.4. The van der Waals surface area contributed by atoms with Gasteiger partial charge in [0.15, 0.2) is 0 Å². The Kier molecular flexibility index (Phi) is 8.35. The molecule has 0 atom stereocenters. The maximum absolute atomic E-state index is 12.3. The van der Waals surface area contributed by atoms with E-state index in [9.17, 15) is 9.59 Å². The minimum absolute atomic E-state index is 0.248. The second kappa shape index (κ2) is 11.9. The summed E-state index contributed by atoms with van der Waals surface area (Å²) in [4.78, 5) is 30.3. The predicted molar refractivity (Wildman–Crippen MR) is 151 cm³/mol. The molecule has 0 spiro atoms. The SMILES string of the molecule is CC(C)(C)OC(=O)N1CCC(Nc2ccc(Nc3cc(NCc4ccccc4)c(C(N)=O)cn3)cc2)CC1. The lowest BCUT2D eigenvalue weighted by Crippen LogP contribution is -2.44. The molecule has 1 aliphatic rings. The van der Waals surface area contributed by atoms with Crippen molar-refractivity contribution in [3.05, 3.63) is 78.0 Å². The van der Waals surface area contributed by atoms with E-state index in [1.807, 2.05) is 75.4 Å². The van der Waals surface area contributed by atoms with Crippen LogP contribution in [-0.2, 0) is 11.3 Å². The summed E-state index contributed by atoms with van der Waals surface area (Å²) in [6, 6.07) is 20.0. The number of aromatic nitrogens is 1. The molecule has 1 aromatic heterocycles. The van der Waals surface area contributed by atoms with Crippen molar-refractivity contribution in [2.24, 2.45) is 5.73 Å². The van der Waals surface area contributed by atoms with Crippen LogP contribution in [0.15, 0.2) is 66.9 Å². The number of piperidine rings is 1. The molecular formula is C29H36N6O3. The molecule has 3 aromatic rings. The van der Waals surface area contributed by atoms with Crippen LogP contribution >= 0.6 is 0 Å². The number of hydrogen-bond donors (Lipinski definition) is 4. The number of ether oxygens (including phenoxy) is 1. The third-order valence-corrected chi connectivity index (χ3v) is 6.17. The van der Waals surface area contributed by atoms with Crippen LogP contribution in [-0.4, -0.2) is 46.6 Å². The molecule has 0 bridgehead atoms. The van der Waals surface area contributed by atoms with Gasteiger partial charge in [-0.05, 0) is 63.4 Å². The molecular weight excluding hydrogens is 480 g/mol. The number of carbonyl (C=O) groups excluding carboxylic acids is 2. The first-order valence-electron chi connectivity index (χ1n) is 12.9. The number of hydrogen-bond acceptors (Lipinski definition) is 7. The Morgan fingerprint density at radius 1 is 1.03 bits per heavy atom. The van der Waals surface area contributed by atoms with Gasteiger partial charge in [0.1, 0.15) is 11.4 Å². The lowest BCUT2D eigenvalue weighted by Gasteiger charge is -2.34. The Hall–Kier alpha value is -4.27. The zero-order valence-electron chi connectivity index (χ0n) is 22.2. The van der Waals surface area contributed by atoms with Gasteiger partial charge in [-0.3, -0.25) is 4.79 Å². The van der Waals surface area contributed by atoms with E-state index in [-0.39, 0.29) is 12.1 Å². The summed E-state index contributed by atoms with van der Waals surface area (Å²) in [5.41, 5.74) is 8.99. The highest BCUT2D eigenvalue weighted by molar-refractivity contribution is 5.98. The molecule has 2 heterocycles. The first-order chi connectivity index (χ1) is 18.2. The Morgan fingerprint density at radius 3 is 2.32 bits per heavy atom. The standard InChI is InChI=1S/C29H36N6O3/c1-29(2,3)38-28(37)35-15-13-23(14-16-35)33-21-9-11-22(12-10-21)34-26-17-25(24(19-32-26)27(30)36)31-18-20-7-5-4-6-8-20/h4-12,17,19,23,33H,13-16,18H2,1-3H3,(H2,30,36)(H2,31,32,34). The smallest absolute Gasteiger partial charge is 0.410 e. The van der Waals surface area contributed by atoms with Crippen LogP contribution in [0.4, 0.5) is 27.7 Å². The second-order valence-electron chi connectivity index (χ2n) is 10.4. The summed E-state index contributed by atoms with van der Waals surface area (Å²) in [6.45, 7) is 7.53. The molecule has 0 saturated carbocycles. The van der Waals surface area contributed by atoms with Crippen molar-refractivity contribution in [1.82, 2.24) is 9.88 Å². The Labute approximate surface area is 223 Å². The van der Waals surface area contributed by atoms with E-state index >= 15 is 0 Å². The lowest BCUT2D eigenvalue weighted by atomic mass is 10.0. The number of primary amides is 1. The van der Waals surface area contributed by atoms with Gasteiger partial charge in [-0.15, -0.1) is 0 Å². The topological polar surface area (TPSA) is 122 Å². The van der Waals surface area contributed by atoms with E-state index in [1.54, 1.807) is 11.0 Å². The lowest BCUT2D eigenvalue weighted by molar-refractivity contribution is 0.0210. The van der Waals surface area contributed by atoms with Crippen LogP contribution in [0.2, 0.25) is 0 Å². The van der Waals surface area contributed by atoms with Crippen LogP contribution in [0, 0.1) is 0 Å². The molecule has 1 saturated heterocycles. The summed E-state index contributed by atoms with van der Waals surface area (Å²) in [5.74, 6) is 0.0627. The van der Waals surface area contributed by atoms with Gasteiger partial charge in [0, 0.05) is 49.3 Å². The number of pyridine rings is 1. The number of carbonyl (C=O) groups is 2. The Morgan fingerprint density at radius 2 is 1.68 bits per heavy atom. The minimum Gasteiger partial charge on any atom is -0.444 e. The third kappa shape index (κ3) is 7.61. The van der Waals surface area contributed by atoms with Crippen molar-refractivity contribution in [1.29, 1.82) is 0 Å². The number of nitrogens with two attached hydrogens (primary N) is 1. The number of nitrogens with zero attached hydrogens (tertiary/aromatic N) is 2. The average Bonchev–Trinajstić information content (AvgIpc) is 2.88. The van der Waals surface area contributed by atoms with Gasteiger partial charge >= 0.3 is 6.09 Å². The van der Waals surface area contributed by atoms with Gasteiger partial charge in [-0.2, -0.15) is 0 Å². The van der Waals surface area contributed by atoms with Crippen molar-refractivity contribution in [2.45, 2.75) is 51.8 Å². The van der Waals surface area contributed by atoms with Gasteiger partial charge in [0.2, 0.25) is 0 Å². The summed E-state index contributed by atoms with van der Waals surface area (Å²) in [7, 11) is 0. The molecule has 2 amide bonds. The van der Waals surface area contributed by atoms with Crippen LogP contribution in [0.5, 0.6) is 0 Å². The van der Waals surface area contributed by atoms with E-state index in [2.05, 4.69) is 20.9 Å². The van der Waals surface area contributed by atoms with Gasteiger partial charge in [0.05, 0.1) is 11.3 Å². The fraction of sp³-hybridized carbons (Fsp3) is 0.345. The molecule has 5 N–H and O–H groups in total. The van der Waals surface area contributed by atoms with E-state index in [0.717, 1.165) is 29.8 Å². The van der Waals surface area contributed by atoms with Crippen molar-refractivity contribution >= 4 is 34.9 Å². The van der Waals surface area contributed by atoms with Crippen molar-refractivity contribution < 1.29 is 14.3 Å². The van der Waals surface area contributed by atoms with E-state index in [1.165, 1.54) is 6.20 Å². The van der Waals surface area contributed by atoms with Crippen LogP contribution in [0.3, 0.4) is 0 Å². The monoisotopic (exact) mass is 516 g/mol. The molecule has 1 aliphatic heterocycles. The molecule has 4 rings (SSSR count). The maximum atomic E-state index is 12.3. The van der Waals surface area contributed by atoms with Gasteiger partial charge in [-0.1, -0.05) is 30.3 Å². The molecule has 0 aliphatic carbocycles. The van der Waals surface area contributed by atoms with Gasteiger partial charge in [0.25, 0.3) is 5.91 Å². The Balaban J connectivity index is 1.32. The number of benzene rings is 2. The molecule has 38 heavy (non-hydrogen) atoms. The average molecular weight is 517 g/mol. The fourth-order valence-electron chi connectivity index (χ4n) is 4.23. The fourth-order valence-corrected chi connectivity index (χ4v) is 4.23. The molecule has 200 valence electrons. The van der Waals surface area contributed by atoms with Crippen LogP contribution < -0.4 is 21.7 Å². The molecule has 9 nitrogen and oxygen atoms in total. The predicted octanol–water partition coefficient (Wildman–Crippen LogP) is 5.35. The zero-order chi connectivity index (χ0) is 27.1. The first kappa shape index (κ1) is 26.8. The zero-order valence-corrected chi connectivity index (χ0v) is 22.2. The number of rotatable bonds is 8. The van der Waals surface area contributed by atoms with Gasteiger partial charge < -0.3 is 31.3 Å². The van der Waals surface area contributed by atoms with Crippen LogP contribution in [0.1, 0.15) is 49.5 Å². The van der Waals surface area contributed by atoms with Crippen LogP contribution in [0.25, 0.3) is 0 Å². The summed E-state index contributed by atoms with van der Waals surface area (Å²) < 4.78 is 5.48. The largest absolute Gasteiger partial charge is 0.444 e. The number of nitrogens with one attached hydrogen (secondary N) is 3. The molecule has 1 fully saturated rings. The van der Waals surface area contributed by atoms with Crippen molar-refractivity contribution in [3.8, 4) is 0 Å². The number of amides is 2. The van der Waals surface area contributed by atoms with E-state index in [0.29, 0.717) is 36.7 Å².